The number of carboxylic acid groups (broad SMARTS) is 1. The van der Waals surface area contributed by atoms with Gasteiger partial charge in [0.15, 0.2) is 0 Å². The molecule has 0 saturated carbocycles. The molecule has 0 radical (unpaired) electrons. The number of carbonyl (C=O) groups is 1. The van der Waals surface area contributed by atoms with Gasteiger partial charge in [0.1, 0.15) is 5.60 Å². The van der Waals surface area contributed by atoms with Crippen LogP contribution in [0.1, 0.15) is 39.5 Å². The molecule has 1 N–H and O–H groups in total. The number of rotatable bonds is 5. The summed E-state index contributed by atoms with van der Waals surface area (Å²) in [6.45, 7) is 3.30. The standard InChI is InChI=1S/C8H16O3/c1-3-4-5-6-8(2,11)7(9)10/h11H,3-6H2,1-2H3,(H,9,10)/p-1. The van der Waals surface area contributed by atoms with Crippen molar-refractivity contribution in [1.82, 2.24) is 0 Å². The van der Waals surface area contributed by atoms with Gasteiger partial charge < -0.3 is 15.0 Å². The van der Waals surface area contributed by atoms with E-state index in [0.29, 0.717) is 0 Å². The molecular weight excluding hydrogens is 144 g/mol. The maximum absolute atomic E-state index is 10.3. The number of aliphatic hydroxyl groups is 1. The quantitative estimate of drug-likeness (QED) is 0.577. The van der Waals surface area contributed by atoms with Gasteiger partial charge in [-0.25, -0.2) is 0 Å². The summed E-state index contributed by atoms with van der Waals surface area (Å²) in [5, 5.41) is 19.4. The topological polar surface area (TPSA) is 60.4 Å². The number of hydrogen-bond acceptors (Lipinski definition) is 3. The Kier molecular flexibility index (Phi) is 4.11. The summed E-state index contributed by atoms with van der Waals surface area (Å²) in [5.74, 6) is -1.38. The zero-order valence-corrected chi connectivity index (χ0v) is 7.09. The van der Waals surface area contributed by atoms with Crippen molar-refractivity contribution in [2.75, 3.05) is 0 Å². The summed E-state index contributed by atoms with van der Waals surface area (Å²) in [5.41, 5.74) is -1.64. The van der Waals surface area contributed by atoms with Crippen molar-refractivity contribution in [3.05, 3.63) is 0 Å². The van der Waals surface area contributed by atoms with Crippen LogP contribution in [0.5, 0.6) is 0 Å². The van der Waals surface area contributed by atoms with Crippen LogP contribution in [0.3, 0.4) is 0 Å². The number of unbranched alkanes of at least 4 members (excludes halogenated alkanes) is 2. The summed E-state index contributed by atoms with van der Waals surface area (Å²) in [7, 11) is 0. The lowest BCUT2D eigenvalue weighted by Gasteiger charge is -2.23. The number of aliphatic carboxylic acids is 1. The zero-order chi connectivity index (χ0) is 8.91. The summed E-state index contributed by atoms with van der Waals surface area (Å²) < 4.78 is 0. The Balaban J connectivity index is 3.64. The van der Waals surface area contributed by atoms with Crippen LogP contribution in [0.2, 0.25) is 0 Å². The molecule has 3 heteroatoms. The molecule has 3 nitrogen and oxygen atoms in total. The highest BCUT2D eigenvalue weighted by molar-refractivity contribution is 5.74. The van der Waals surface area contributed by atoms with E-state index >= 15 is 0 Å². The average Bonchev–Trinajstić information content (AvgIpc) is 1.88. The largest absolute Gasteiger partial charge is 0.547 e. The molecule has 0 aliphatic rings. The van der Waals surface area contributed by atoms with Crippen molar-refractivity contribution in [1.29, 1.82) is 0 Å². The molecule has 0 aromatic heterocycles. The fourth-order valence-electron chi connectivity index (χ4n) is 0.821. The van der Waals surface area contributed by atoms with Crippen LogP contribution in [0.4, 0.5) is 0 Å². The molecule has 0 saturated heterocycles. The summed E-state index contributed by atoms with van der Waals surface area (Å²) in [6.07, 6.45) is 2.98. The Bertz CT molecular complexity index is 129. The molecule has 1 unspecified atom stereocenters. The minimum atomic E-state index is -1.64. The van der Waals surface area contributed by atoms with Crippen LogP contribution in [-0.2, 0) is 4.79 Å². The molecule has 66 valence electrons. The second-order valence-electron chi connectivity index (χ2n) is 3.02. The first-order valence-corrected chi connectivity index (χ1v) is 3.94. The molecule has 0 heterocycles. The molecule has 0 aliphatic carbocycles. The van der Waals surface area contributed by atoms with E-state index in [4.69, 9.17) is 5.11 Å². The van der Waals surface area contributed by atoms with Gasteiger partial charge in [-0.3, -0.25) is 0 Å². The molecule has 0 bridgehead atoms. The third kappa shape index (κ3) is 3.98. The zero-order valence-electron chi connectivity index (χ0n) is 7.09. The Morgan fingerprint density at radius 2 is 2.09 bits per heavy atom. The highest BCUT2D eigenvalue weighted by Gasteiger charge is 2.20. The highest BCUT2D eigenvalue weighted by atomic mass is 16.4. The summed E-state index contributed by atoms with van der Waals surface area (Å²) in [4.78, 5) is 10.3. The molecule has 11 heavy (non-hydrogen) atoms. The molecule has 0 aromatic carbocycles. The van der Waals surface area contributed by atoms with Crippen molar-refractivity contribution in [2.45, 2.75) is 45.1 Å². The minimum absolute atomic E-state index is 0.281. The van der Waals surface area contributed by atoms with E-state index in [1.165, 1.54) is 6.92 Å². The maximum atomic E-state index is 10.3. The van der Waals surface area contributed by atoms with Gasteiger partial charge in [-0.2, -0.15) is 0 Å². The van der Waals surface area contributed by atoms with Gasteiger partial charge >= 0.3 is 0 Å². The van der Waals surface area contributed by atoms with Crippen LogP contribution >= 0.6 is 0 Å². The first-order valence-electron chi connectivity index (χ1n) is 3.94. The summed E-state index contributed by atoms with van der Waals surface area (Å²) in [6, 6.07) is 0. The normalized spacial score (nSPS) is 15.9. The monoisotopic (exact) mass is 159 g/mol. The highest BCUT2D eigenvalue weighted by Crippen LogP contribution is 2.13. The van der Waals surface area contributed by atoms with Gasteiger partial charge in [0.25, 0.3) is 0 Å². The van der Waals surface area contributed by atoms with Gasteiger partial charge in [-0.15, -0.1) is 0 Å². The van der Waals surface area contributed by atoms with E-state index in [1.807, 2.05) is 6.92 Å². The minimum Gasteiger partial charge on any atom is -0.547 e. The van der Waals surface area contributed by atoms with Gasteiger partial charge in [0, 0.05) is 0 Å². The lowest BCUT2D eigenvalue weighted by Crippen LogP contribution is -2.45. The summed E-state index contributed by atoms with van der Waals surface area (Å²) >= 11 is 0. The number of carbonyl (C=O) groups excluding carboxylic acids is 1. The Labute approximate surface area is 67.0 Å². The Hall–Kier alpha value is -0.570. The third-order valence-electron chi connectivity index (χ3n) is 1.71. The Morgan fingerprint density at radius 3 is 2.45 bits per heavy atom. The van der Waals surface area contributed by atoms with E-state index in [2.05, 4.69) is 0 Å². The maximum Gasteiger partial charge on any atom is 0.101 e. The van der Waals surface area contributed by atoms with Crippen molar-refractivity contribution >= 4 is 5.97 Å². The van der Waals surface area contributed by atoms with Gasteiger partial charge in [-0.05, 0) is 13.3 Å². The van der Waals surface area contributed by atoms with E-state index in [9.17, 15) is 9.90 Å². The van der Waals surface area contributed by atoms with Gasteiger partial charge in [0.2, 0.25) is 0 Å². The predicted molar refractivity (Wildman–Crippen MR) is 39.8 cm³/mol. The SMILES string of the molecule is CCCCCC(C)(O)C(=O)[O-]. The Morgan fingerprint density at radius 1 is 1.55 bits per heavy atom. The van der Waals surface area contributed by atoms with E-state index < -0.39 is 11.6 Å². The first kappa shape index (κ1) is 10.4. The number of carboxylic acids is 1. The molecule has 1 atom stereocenters. The molecule has 0 spiro atoms. The van der Waals surface area contributed by atoms with Gasteiger partial charge in [0.05, 0.1) is 5.97 Å². The molecular formula is C8H15O3-. The molecule has 0 amide bonds. The lowest BCUT2D eigenvalue weighted by molar-refractivity contribution is -0.324. The fraction of sp³-hybridized carbons (Fsp3) is 0.875. The second kappa shape index (κ2) is 4.34. The van der Waals surface area contributed by atoms with E-state index in [1.54, 1.807) is 0 Å². The predicted octanol–water partition coefficient (Wildman–Crippen LogP) is 0.0676. The first-order chi connectivity index (χ1) is 5.00. The van der Waals surface area contributed by atoms with Crippen LogP contribution in [-0.4, -0.2) is 16.7 Å². The molecule has 0 aliphatic heterocycles. The van der Waals surface area contributed by atoms with E-state index in [-0.39, 0.29) is 6.42 Å². The van der Waals surface area contributed by atoms with Crippen molar-refractivity contribution in [2.24, 2.45) is 0 Å². The van der Waals surface area contributed by atoms with Crippen molar-refractivity contribution in [3.8, 4) is 0 Å². The van der Waals surface area contributed by atoms with E-state index in [0.717, 1.165) is 19.3 Å². The third-order valence-corrected chi connectivity index (χ3v) is 1.71. The van der Waals surface area contributed by atoms with Crippen molar-refractivity contribution < 1.29 is 15.0 Å². The fourth-order valence-corrected chi connectivity index (χ4v) is 0.821. The lowest BCUT2D eigenvalue weighted by atomic mass is 9.99. The smallest absolute Gasteiger partial charge is 0.101 e. The van der Waals surface area contributed by atoms with Gasteiger partial charge in [-0.1, -0.05) is 26.2 Å². The average molecular weight is 159 g/mol. The molecule has 0 rings (SSSR count). The van der Waals surface area contributed by atoms with Crippen molar-refractivity contribution in [3.63, 3.8) is 0 Å². The molecule has 0 fully saturated rings. The second-order valence-corrected chi connectivity index (χ2v) is 3.02. The number of hydrogen-bond donors (Lipinski definition) is 1. The van der Waals surface area contributed by atoms with Crippen LogP contribution in [0.15, 0.2) is 0 Å². The van der Waals surface area contributed by atoms with Crippen LogP contribution < -0.4 is 5.11 Å². The van der Waals surface area contributed by atoms with Crippen LogP contribution in [0, 0.1) is 0 Å². The van der Waals surface area contributed by atoms with Crippen LogP contribution in [0.25, 0.3) is 0 Å². The molecule has 0 aromatic rings.